The first-order chi connectivity index (χ1) is 9.92. The summed E-state index contributed by atoms with van der Waals surface area (Å²) >= 11 is 0. The van der Waals surface area contributed by atoms with Crippen molar-refractivity contribution in [2.45, 2.75) is 45.5 Å². The molecule has 0 amide bonds. The molecule has 0 aliphatic carbocycles. The number of hydrogen-bond donors (Lipinski definition) is 0. The Morgan fingerprint density at radius 1 is 1.10 bits per heavy atom. The highest BCUT2D eigenvalue weighted by Gasteiger charge is 2.31. The summed E-state index contributed by atoms with van der Waals surface area (Å²) in [6.45, 7) is 4.51. The number of hydrogen-bond acceptors (Lipinski definition) is 7. The maximum atomic E-state index is 11.4. The van der Waals surface area contributed by atoms with Crippen LogP contribution in [0, 0.1) is 0 Å². The Kier molecular flexibility index (Phi) is 6.87. The first-order valence-corrected chi connectivity index (χ1v) is 6.72. The average Bonchev–Trinajstić information content (AvgIpc) is 2.38. The van der Waals surface area contributed by atoms with E-state index in [2.05, 4.69) is 0 Å². The molecule has 1 rings (SSSR count). The van der Waals surface area contributed by atoms with E-state index in [0.717, 1.165) is 0 Å². The predicted octanol–water partition coefficient (Wildman–Crippen LogP) is 0.758. The Labute approximate surface area is 123 Å². The van der Waals surface area contributed by atoms with E-state index in [4.69, 9.17) is 18.9 Å². The largest absolute Gasteiger partial charge is 0.466 e. The van der Waals surface area contributed by atoms with Crippen molar-refractivity contribution in [2.75, 3.05) is 13.2 Å². The van der Waals surface area contributed by atoms with Gasteiger partial charge in [0.1, 0.15) is 18.8 Å². The smallest absolute Gasteiger partial charge is 0.308 e. The molecule has 0 saturated heterocycles. The van der Waals surface area contributed by atoms with Gasteiger partial charge in [-0.1, -0.05) is 6.08 Å². The molecule has 0 aromatic carbocycles. The van der Waals surface area contributed by atoms with Crippen molar-refractivity contribution in [3.63, 3.8) is 0 Å². The summed E-state index contributed by atoms with van der Waals surface area (Å²) in [6, 6.07) is 0. The molecular weight excluding hydrogens is 280 g/mol. The van der Waals surface area contributed by atoms with E-state index in [0.29, 0.717) is 6.61 Å². The second kappa shape index (κ2) is 8.41. The molecule has 21 heavy (non-hydrogen) atoms. The maximum absolute atomic E-state index is 11.4. The summed E-state index contributed by atoms with van der Waals surface area (Å²) in [5.41, 5.74) is 0. The van der Waals surface area contributed by atoms with Crippen LogP contribution in [0.5, 0.6) is 0 Å². The number of carbonyl (C=O) groups excluding carboxylic acids is 3. The quantitative estimate of drug-likeness (QED) is 0.406. The predicted molar refractivity (Wildman–Crippen MR) is 71.2 cm³/mol. The third-order valence-corrected chi connectivity index (χ3v) is 2.66. The van der Waals surface area contributed by atoms with E-state index in [1.54, 1.807) is 19.1 Å². The van der Waals surface area contributed by atoms with E-state index in [9.17, 15) is 14.4 Å². The summed E-state index contributed by atoms with van der Waals surface area (Å²) in [5, 5.41) is 0. The van der Waals surface area contributed by atoms with Crippen molar-refractivity contribution in [3.05, 3.63) is 12.2 Å². The summed E-state index contributed by atoms with van der Waals surface area (Å²) in [7, 11) is 0. The molecule has 0 saturated carbocycles. The minimum Gasteiger partial charge on any atom is -0.466 e. The number of ether oxygens (including phenoxy) is 4. The molecule has 0 spiro atoms. The van der Waals surface area contributed by atoms with Gasteiger partial charge in [0.25, 0.3) is 0 Å². The molecule has 118 valence electrons. The van der Waals surface area contributed by atoms with Crippen LogP contribution in [0.25, 0.3) is 0 Å². The van der Waals surface area contributed by atoms with Crippen LogP contribution in [-0.4, -0.2) is 49.4 Å². The highest BCUT2D eigenvalue weighted by atomic mass is 16.6. The highest BCUT2D eigenvalue weighted by Crippen LogP contribution is 2.19. The van der Waals surface area contributed by atoms with Gasteiger partial charge in [-0.15, -0.1) is 0 Å². The van der Waals surface area contributed by atoms with Crippen LogP contribution in [0.15, 0.2) is 12.2 Å². The fourth-order valence-electron chi connectivity index (χ4n) is 1.85. The summed E-state index contributed by atoms with van der Waals surface area (Å²) < 4.78 is 20.4. The van der Waals surface area contributed by atoms with Crippen LogP contribution < -0.4 is 0 Å². The van der Waals surface area contributed by atoms with Crippen molar-refractivity contribution in [3.8, 4) is 0 Å². The van der Waals surface area contributed by atoms with Crippen molar-refractivity contribution >= 4 is 17.9 Å². The van der Waals surface area contributed by atoms with Gasteiger partial charge in [0.2, 0.25) is 0 Å². The van der Waals surface area contributed by atoms with Crippen LogP contribution in [0.2, 0.25) is 0 Å². The van der Waals surface area contributed by atoms with E-state index >= 15 is 0 Å². The normalized spacial score (nSPS) is 24.2. The Balaban J connectivity index is 2.65. The molecule has 1 aliphatic rings. The van der Waals surface area contributed by atoms with E-state index < -0.39 is 30.3 Å². The van der Waals surface area contributed by atoms with Crippen LogP contribution in [-0.2, 0) is 33.3 Å². The SMILES string of the molecule is CCOC(=O)CC1C=C[C@@H](OC(C)=O)[C@H](COC(C)=O)O1. The standard InChI is InChI=1S/C14H20O7/c1-4-18-14(17)7-11-5-6-12(20-10(3)16)13(21-11)8-19-9(2)15/h5-6,11-13H,4,7-8H2,1-3H3/t11?,12-,13+/m1/s1. The Morgan fingerprint density at radius 2 is 1.81 bits per heavy atom. The monoisotopic (exact) mass is 300 g/mol. The van der Waals surface area contributed by atoms with Gasteiger partial charge < -0.3 is 18.9 Å². The zero-order valence-electron chi connectivity index (χ0n) is 12.4. The summed E-state index contributed by atoms with van der Waals surface area (Å²) in [4.78, 5) is 33.4. The highest BCUT2D eigenvalue weighted by molar-refractivity contribution is 5.70. The van der Waals surface area contributed by atoms with Gasteiger partial charge in [-0.2, -0.15) is 0 Å². The molecule has 3 atom stereocenters. The lowest BCUT2D eigenvalue weighted by atomic mass is 10.1. The van der Waals surface area contributed by atoms with Gasteiger partial charge in [-0.05, 0) is 13.0 Å². The molecule has 0 N–H and O–H groups in total. The number of rotatable bonds is 6. The molecule has 0 fully saturated rings. The minimum absolute atomic E-state index is 0.0493. The molecule has 0 aromatic rings. The minimum atomic E-state index is -0.653. The van der Waals surface area contributed by atoms with Gasteiger partial charge in [-0.25, -0.2) is 0 Å². The van der Waals surface area contributed by atoms with Crippen molar-refractivity contribution in [1.29, 1.82) is 0 Å². The number of esters is 3. The second-order valence-electron chi connectivity index (χ2n) is 4.48. The second-order valence-corrected chi connectivity index (χ2v) is 4.48. The molecule has 0 radical (unpaired) electrons. The van der Waals surface area contributed by atoms with Gasteiger partial charge in [0.15, 0.2) is 0 Å². The third-order valence-electron chi connectivity index (χ3n) is 2.66. The Morgan fingerprint density at radius 3 is 2.38 bits per heavy atom. The Hall–Kier alpha value is -1.89. The van der Waals surface area contributed by atoms with Crippen LogP contribution in [0.1, 0.15) is 27.2 Å². The van der Waals surface area contributed by atoms with Crippen LogP contribution >= 0.6 is 0 Å². The summed E-state index contributed by atoms with van der Waals surface area (Å²) in [6.07, 6.45) is 1.50. The fourth-order valence-corrected chi connectivity index (χ4v) is 1.85. The first-order valence-electron chi connectivity index (χ1n) is 6.72. The van der Waals surface area contributed by atoms with E-state index in [-0.39, 0.29) is 19.0 Å². The molecule has 1 unspecified atom stereocenters. The van der Waals surface area contributed by atoms with E-state index in [1.807, 2.05) is 0 Å². The van der Waals surface area contributed by atoms with Crippen LogP contribution in [0.4, 0.5) is 0 Å². The zero-order valence-corrected chi connectivity index (χ0v) is 12.4. The molecule has 0 aromatic heterocycles. The first kappa shape index (κ1) is 17.2. The molecule has 0 bridgehead atoms. The van der Waals surface area contributed by atoms with Crippen molar-refractivity contribution < 1.29 is 33.3 Å². The lowest BCUT2D eigenvalue weighted by molar-refractivity contribution is -0.167. The molecular formula is C14H20O7. The van der Waals surface area contributed by atoms with Gasteiger partial charge in [-0.3, -0.25) is 14.4 Å². The summed E-state index contributed by atoms with van der Waals surface area (Å²) in [5.74, 6) is -1.31. The van der Waals surface area contributed by atoms with Crippen LogP contribution in [0.3, 0.4) is 0 Å². The molecule has 7 nitrogen and oxygen atoms in total. The Bertz CT molecular complexity index is 416. The third kappa shape index (κ3) is 6.40. The fraction of sp³-hybridized carbons (Fsp3) is 0.643. The van der Waals surface area contributed by atoms with Gasteiger partial charge in [0, 0.05) is 13.8 Å². The van der Waals surface area contributed by atoms with Gasteiger partial charge in [0.05, 0.1) is 19.1 Å². The maximum Gasteiger partial charge on any atom is 0.308 e. The lowest BCUT2D eigenvalue weighted by Crippen LogP contribution is -2.42. The molecule has 1 aliphatic heterocycles. The van der Waals surface area contributed by atoms with E-state index in [1.165, 1.54) is 13.8 Å². The zero-order chi connectivity index (χ0) is 15.8. The average molecular weight is 300 g/mol. The van der Waals surface area contributed by atoms with Gasteiger partial charge >= 0.3 is 17.9 Å². The number of carbonyl (C=O) groups is 3. The molecule has 7 heteroatoms. The van der Waals surface area contributed by atoms with Crippen molar-refractivity contribution in [2.24, 2.45) is 0 Å². The van der Waals surface area contributed by atoms with Crippen molar-refractivity contribution in [1.82, 2.24) is 0 Å². The topological polar surface area (TPSA) is 88.1 Å². The molecule has 1 heterocycles. The lowest BCUT2D eigenvalue weighted by Gasteiger charge is -2.31.